The lowest BCUT2D eigenvalue weighted by Crippen LogP contribution is -2.52. The van der Waals surface area contributed by atoms with Crippen LogP contribution in [0.2, 0.25) is 0 Å². The number of benzene rings is 1. The fourth-order valence-electron chi connectivity index (χ4n) is 1.98. The molecule has 0 aliphatic carbocycles. The Morgan fingerprint density at radius 1 is 1.53 bits per heavy atom. The quantitative estimate of drug-likeness (QED) is 0.896. The van der Waals surface area contributed by atoms with Gasteiger partial charge in [0, 0.05) is 31.7 Å². The first-order valence-corrected chi connectivity index (χ1v) is 6.15. The molecule has 1 aromatic rings. The van der Waals surface area contributed by atoms with Crippen LogP contribution in [-0.4, -0.2) is 43.1 Å². The van der Waals surface area contributed by atoms with Gasteiger partial charge in [0.1, 0.15) is 5.82 Å². The lowest BCUT2D eigenvalue weighted by molar-refractivity contribution is -0.134. The number of carbonyl (C=O) groups excluding carboxylic acids is 1. The Morgan fingerprint density at radius 3 is 3.00 bits per heavy atom. The molecule has 1 aliphatic rings. The van der Waals surface area contributed by atoms with E-state index in [1.54, 1.807) is 4.90 Å². The number of hydrogen-bond donors (Lipinski definition) is 1. The zero-order valence-corrected chi connectivity index (χ0v) is 10.7. The van der Waals surface area contributed by atoms with Crippen molar-refractivity contribution in [3.05, 3.63) is 29.8 Å². The highest BCUT2D eigenvalue weighted by Crippen LogP contribution is 2.17. The van der Waals surface area contributed by atoms with Gasteiger partial charge in [0.25, 0.3) is 5.91 Å². The second-order valence-electron chi connectivity index (χ2n) is 4.56. The first kappa shape index (κ1) is 13.7. The van der Waals surface area contributed by atoms with Crippen LogP contribution in [0.3, 0.4) is 0 Å². The summed E-state index contributed by atoms with van der Waals surface area (Å²) in [4.78, 5) is 13.5. The smallest absolute Gasteiger partial charge is 0.260 e. The van der Waals surface area contributed by atoms with Crippen molar-refractivity contribution in [1.29, 1.82) is 0 Å². The molecule has 1 atom stereocenters. The lowest BCUT2D eigenvalue weighted by Gasteiger charge is -2.31. The molecule has 104 valence electrons. The minimum Gasteiger partial charge on any atom is -0.481 e. The highest BCUT2D eigenvalue weighted by atomic mass is 19.1. The van der Waals surface area contributed by atoms with Crippen molar-refractivity contribution >= 4 is 5.91 Å². The molecule has 0 spiro atoms. The molecule has 1 aromatic carbocycles. The van der Waals surface area contributed by atoms with Gasteiger partial charge in [-0.1, -0.05) is 0 Å². The Labute approximate surface area is 110 Å². The first-order valence-electron chi connectivity index (χ1n) is 6.15. The van der Waals surface area contributed by atoms with E-state index in [0.717, 1.165) is 18.7 Å². The van der Waals surface area contributed by atoms with Gasteiger partial charge in [-0.05, 0) is 19.1 Å². The molecule has 6 heteroatoms. The minimum atomic E-state index is -0.804. The normalized spacial score (nSPS) is 19.3. The Kier molecular flexibility index (Phi) is 4.31. The monoisotopic (exact) mass is 270 g/mol. The van der Waals surface area contributed by atoms with Crippen LogP contribution in [-0.2, 0) is 4.79 Å². The molecule has 0 aromatic heterocycles. The molecule has 0 saturated carbocycles. The number of amides is 1. The third-order valence-electron chi connectivity index (χ3n) is 2.97. The van der Waals surface area contributed by atoms with E-state index in [2.05, 4.69) is 5.32 Å². The zero-order valence-electron chi connectivity index (χ0n) is 10.7. The van der Waals surface area contributed by atoms with E-state index in [-0.39, 0.29) is 24.3 Å². The third kappa shape index (κ3) is 3.64. The van der Waals surface area contributed by atoms with Crippen molar-refractivity contribution in [2.24, 2.45) is 0 Å². The maximum absolute atomic E-state index is 13.3. The number of ether oxygens (including phenoxy) is 1. The fourth-order valence-corrected chi connectivity index (χ4v) is 1.98. The summed E-state index contributed by atoms with van der Waals surface area (Å²) in [6, 6.07) is 3.24. The Bertz CT molecular complexity index is 468. The second kappa shape index (κ2) is 5.97. The summed E-state index contributed by atoms with van der Waals surface area (Å²) >= 11 is 0. The molecule has 1 fully saturated rings. The van der Waals surface area contributed by atoms with Crippen molar-refractivity contribution in [2.75, 3.05) is 26.2 Å². The van der Waals surface area contributed by atoms with E-state index in [1.807, 2.05) is 6.92 Å². The van der Waals surface area contributed by atoms with Crippen LogP contribution < -0.4 is 10.1 Å². The van der Waals surface area contributed by atoms with Gasteiger partial charge < -0.3 is 15.0 Å². The number of piperazine rings is 1. The number of carbonyl (C=O) groups is 1. The van der Waals surface area contributed by atoms with Crippen molar-refractivity contribution in [3.63, 3.8) is 0 Å². The predicted octanol–water partition coefficient (Wildman–Crippen LogP) is 1.16. The summed E-state index contributed by atoms with van der Waals surface area (Å²) in [5.74, 6) is -1.79. The average Bonchev–Trinajstić information content (AvgIpc) is 2.37. The highest BCUT2D eigenvalue weighted by molar-refractivity contribution is 5.78. The summed E-state index contributed by atoms with van der Waals surface area (Å²) in [6.07, 6.45) is 0. The fraction of sp³-hybridized carbons (Fsp3) is 0.462. The first-order chi connectivity index (χ1) is 9.06. The van der Waals surface area contributed by atoms with Crippen LogP contribution in [0.4, 0.5) is 8.78 Å². The Morgan fingerprint density at radius 2 is 2.32 bits per heavy atom. The van der Waals surface area contributed by atoms with Crippen LogP contribution in [0.5, 0.6) is 5.75 Å². The van der Waals surface area contributed by atoms with E-state index in [0.29, 0.717) is 13.1 Å². The van der Waals surface area contributed by atoms with E-state index in [9.17, 15) is 13.6 Å². The topological polar surface area (TPSA) is 41.6 Å². The van der Waals surface area contributed by atoms with E-state index < -0.39 is 11.6 Å². The summed E-state index contributed by atoms with van der Waals surface area (Å²) in [6.45, 7) is 3.69. The average molecular weight is 270 g/mol. The SMILES string of the molecule is C[C@H]1CN(C(=O)COc2ccc(F)cc2F)CCN1. The molecular formula is C13H16F2N2O2. The van der Waals surface area contributed by atoms with Gasteiger partial charge in [0.15, 0.2) is 18.2 Å². The molecule has 1 heterocycles. The van der Waals surface area contributed by atoms with Gasteiger partial charge >= 0.3 is 0 Å². The van der Waals surface area contributed by atoms with Gasteiger partial charge in [0.2, 0.25) is 0 Å². The standard InChI is InChI=1S/C13H16F2N2O2/c1-9-7-17(5-4-16-9)13(18)8-19-12-3-2-10(14)6-11(12)15/h2-3,6,9,16H,4-5,7-8H2,1H3/t9-/m0/s1. The molecule has 0 bridgehead atoms. The Balaban J connectivity index is 1.89. The van der Waals surface area contributed by atoms with Gasteiger partial charge in [0.05, 0.1) is 0 Å². The largest absolute Gasteiger partial charge is 0.481 e. The van der Waals surface area contributed by atoms with Gasteiger partial charge in [-0.25, -0.2) is 8.78 Å². The molecule has 1 aliphatic heterocycles. The number of nitrogens with one attached hydrogen (secondary N) is 1. The number of rotatable bonds is 3. The molecule has 19 heavy (non-hydrogen) atoms. The molecule has 4 nitrogen and oxygen atoms in total. The lowest BCUT2D eigenvalue weighted by atomic mass is 10.2. The maximum Gasteiger partial charge on any atom is 0.260 e. The van der Waals surface area contributed by atoms with Crippen molar-refractivity contribution in [1.82, 2.24) is 10.2 Å². The summed E-state index contributed by atoms with van der Waals surface area (Å²) in [7, 11) is 0. The van der Waals surface area contributed by atoms with E-state index in [1.165, 1.54) is 6.07 Å². The summed E-state index contributed by atoms with van der Waals surface area (Å²) in [5.41, 5.74) is 0. The van der Waals surface area contributed by atoms with Crippen LogP contribution in [0, 0.1) is 11.6 Å². The molecule has 0 unspecified atom stereocenters. The van der Waals surface area contributed by atoms with Crippen LogP contribution in [0.25, 0.3) is 0 Å². The zero-order chi connectivity index (χ0) is 13.8. The molecule has 2 rings (SSSR count). The van der Waals surface area contributed by atoms with Crippen molar-refractivity contribution in [2.45, 2.75) is 13.0 Å². The molecule has 1 amide bonds. The van der Waals surface area contributed by atoms with E-state index in [4.69, 9.17) is 4.74 Å². The predicted molar refractivity (Wildman–Crippen MR) is 65.9 cm³/mol. The molecule has 0 radical (unpaired) electrons. The minimum absolute atomic E-state index is 0.113. The summed E-state index contributed by atoms with van der Waals surface area (Å²) in [5, 5.41) is 3.22. The molecular weight excluding hydrogens is 254 g/mol. The van der Waals surface area contributed by atoms with Crippen molar-refractivity contribution in [3.8, 4) is 5.75 Å². The molecule has 1 saturated heterocycles. The number of nitrogens with zero attached hydrogens (tertiary/aromatic N) is 1. The molecule has 1 N–H and O–H groups in total. The number of hydrogen-bond acceptors (Lipinski definition) is 3. The van der Waals surface area contributed by atoms with Gasteiger partial charge in [-0.15, -0.1) is 0 Å². The third-order valence-corrected chi connectivity index (χ3v) is 2.97. The van der Waals surface area contributed by atoms with Crippen LogP contribution in [0.15, 0.2) is 18.2 Å². The van der Waals surface area contributed by atoms with Crippen LogP contribution in [0.1, 0.15) is 6.92 Å². The highest BCUT2D eigenvalue weighted by Gasteiger charge is 2.21. The second-order valence-corrected chi connectivity index (χ2v) is 4.56. The summed E-state index contributed by atoms with van der Waals surface area (Å²) < 4.78 is 31.1. The van der Waals surface area contributed by atoms with Gasteiger partial charge in [-0.2, -0.15) is 0 Å². The van der Waals surface area contributed by atoms with Crippen molar-refractivity contribution < 1.29 is 18.3 Å². The van der Waals surface area contributed by atoms with Crippen LogP contribution >= 0.6 is 0 Å². The van der Waals surface area contributed by atoms with E-state index >= 15 is 0 Å². The Hall–Kier alpha value is -1.69. The maximum atomic E-state index is 13.3. The van der Waals surface area contributed by atoms with Gasteiger partial charge in [-0.3, -0.25) is 4.79 Å². The number of halogens is 2.